The van der Waals surface area contributed by atoms with Gasteiger partial charge in [0, 0.05) is 5.41 Å². The van der Waals surface area contributed by atoms with Gasteiger partial charge < -0.3 is 5.11 Å². The third-order valence-electron chi connectivity index (χ3n) is 5.15. The van der Waals surface area contributed by atoms with Gasteiger partial charge in [-0.1, -0.05) is 38.1 Å². The summed E-state index contributed by atoms with van der Waals surface area (Å²) < 4.78 is 0. The Hall–Kier alpha value is -1.64. The Balaban J connectivity index is 2.59. The molecule has 24 heavy (non-hydrogen) atoms. The number of ketones is 1. The Bertz CT molecular complexity index is 519. The van der Waals surface area contributed by atoms with Crippen LogP contribution in [-0.4, -0.2) is 16.9 Å². The fourth-order valence-corrected chi connectivity index (χ4v) is 2.77. The van der Waals surface area contributed by atoms with Crippen LogP contribution in [-0.2, 0) is 22.4 Å². The minimum absolute atomic E-state index is 0.242. The van der Waals surface area contributed by atoms with Crippen molar-refractivity contribution in [1.82, 2.24) is 0 Å². The van der Waals surface area contributed by atoms with Gasteiger partial charge in [0.1, 0.15) is 5.78 Å². The van der Waals surface area contributed by atoms with Gasteiger partial charge in [0.25, 0.3) is 0 Å². The number of carboxylic acids is 1. The second kappa shape index (κ2) is 8.46. The number of hydrogen-bond donors (Lipinski definition) is 1. The lowest BCUT2D eigenvalue weighted by atomic mass is 9.82. The van der Waals surface area contributed by atoms with Crippen LogP contribution in [0.15, 0.2) is 24.3 Å². The van der Waals surface area contributed by atoms with Crippen LogP contribution in [0.5, 0.6) is 0 Å². The summed E-state index contributed by atoms with van der Waals surface area (Å²) >= 11 is 0. The molecule has 0 saturated carbocycles. The highest BCUT2D eigenvalue weighted by atomic mass is 16.4. The molecule has 1 aromatic carbocycles. The van der Waals surface area contributed by atoms with Crippen LogP contribution in [0.2, 0.25) is 0 Å². The van der Waals surface area contributed by atoms with Gasteiger partial charge in [-0.3, -0.25) is 9.59 Å². The second-order valence-electron chi connectivity index (χ2n) is 8.10. The lowest BCUT2D eigenvalue weighted by molar-refractivity contribution is -0.147. The van der Waals surface area contributed by atoms with Crippen LogP contribution in [0, 0.1) is 10.8 Å². The Morgan fingerprint density at radius 3 is 1.67 bits per heavy atom. The fourth-order valence-electron chi connectivity index (χ4n) is 2.77. The molecule has 0 atom stereocenters. The Morgan fingerprint density at radius 2 is 1.29 bits per heavy atom. The minimum atomic E-state index is -0.734. The number of rotatable bonds is 10. The summed E-state index contributed by atoms with van der Waals surface area (Å²) in [6.45, 7) is 9.25. The van der Waals surface area contributed by atoms with Gasteiger partial charge in [-0.2, -0.15) is 0 Å². The molecule has 1 aromatic rings. The fraction of sp³-hybridized carbons (Fsp3) is 0.619. The molecule has 1 N–H and O–H groups in total. The van der Waals surface area contributed by atoms with E-state index < -0.39 is 11.4 Å². The predicted octanol–water partition coefficient (Wildman–Crippen LogP) is 5.06. The molecule has 3 heteroatoms. The Morgan fingerprint density at radius 1 is 0.875 bits per heavy atom. The molecule has 0 heterocycles. The van der Waals surface area contributed by atoms with Crippen LogP contribution < -0.4 is 0 Å². The highest BCUT2D eigenvalue weighted by molar-refractivity contribution is 5.81. The largest absolute Gasteiger partial charge is 0.481 e. The first-order valence-corrected chi connectivity index (χ1v) is 8.87. The lowest BCUT2D eigenvalue weighted by Gasteiger charge is -2.21. The van der Waals surface area contributed by atoms with Gasteiger partial charge in [-0.25, -0.2) is 0 Å². The predicted molar refractivity (Wildman–Crippen MR) is 98.2 cm³/mol. The maximum atomic E-state index is 11.6. The first-order valence-electron chi connectivity index (χ1n) is 8.87. The van der Waals surface area contributed by atoms with Crippen molar-refractivity contribution in [2.24, 2.45) is 10.8 Å². The number of carbonyl (C=O) groups is 2. The van der Waals surface area contributed by atoms with Crippen molar-refractivity contribution in [2.45, 2.75) is 73.1 Å². The van der Waals surface area contributed by atoms with E-state index in [9.17, 15) is 14.7 Å². The summed E-state index contributed by atoms with van der Waals surface area (Å²) in [6.07, 6.45) is 5.30. The first kappa shape index (κ1) is 20.4. The molecule has 0 aliphatic heterocycles. The average Bonchev–Trinajstić information content (AvgIpc) is 2.48. The average molecular weight is 332 g/mol. The highest BCUT2D eigenvalue weighted by Crippen LogP contribution is 2.27. The van der Waals surface area contributed by atoms with Crippen molar-refractivity contribution >= 4 is 11.8 Å². The summed E-state index contributed by atoms with van der Waals surface area (Å²) in [5, 5.41) is 9.20. The third kappa shape index (κ3) is 6.10. The van der Waals surface area contributed by atoms with Crippen LogP contribution in [0.25, 0.3) is 0 Å². The smallest absolute Gasteiger partial charge is 0.309 e. The topological polar surface area (TPSA) is 54.4 Å². The maximum Gasteiger partial charge on any atom is 0.309 e. The van der Waals surface area contributed by atoms with Crippen molar-refractivity contribution < 1.29 is 14.7 Å². The minimum Gasteiger partial charge on any atom is -0.481 e. The molecule has 134 valence electrons. The molecule has 0 amide bonds. The van der Waals surface area contributed by atoms with Gasteiger partial charge >= 0.3 is 5.97 Å². The van der Waals surface area contributed by atoms with Crippen LogP contribution in [0.1, 0.15) is 71.4 Å². The summed E-state index contributed by atoms with van der Waals surface area (Å²) in [4.78, 5) is 22.8. The molecule has 0 fully saturated rings. The van der Waals surface area contributed by atoms with E-state index >= 15 is 0 Å². The number of carbonyl (C=O) groups excluding carboxylic acids is 1. The van der Waals surface area contributed by atoms with Crippen molar-refractivity contribution in [3.8, 4) is 0 Å². The number of Topliss-reactive ketones (excluding diaryl/α,β-unsaturated/α-hetero) is 1. The van der Waals surface area contributed by atoms with E-state index in [-0.39, 0.29) is 11.2 Å². The van der Waals surface area contributed by atoms with E-state index in [0.29, 0.717) is 6.42 Å². The number of carboxylic acid groups (broad SMARTS) is 1. The molecule has 0 spiro atoms. The van der Waals surface area contributed by atoms with E-state index in [2.05, 4.69) is 18.2 Å². The van der Waals surface area contributed by atoms with Gasteiger partial charge in [0.05, 0.1) is 5.41 Å². The summed E-state index contributed by atoms with van der Waals surface area (Å²) in [5.74, 6) is -0.492. The molecule has 3 nitrogen and oxygen atoms in total. The molecule has 0 aliphatic rings. The van der Waals surface area contributed by atoms with Crippen molar-refractivity contribution in [2.75, 3.05) is 0 Å². The molecule has 0 saturated heterocycles. The van der Waals surface area contributed by atoms with Crippen LogP contribution in [0.4, 0.5) is 0 Å². The first-order chi connectivity index (χ1) is 11.1. The molecule has 0 aliphatic carbocycles. The Kier molecular flexibility index (Phi) is 7.19. The van der Waals surface area contributed by atoms with E-state index in [0.717, 1.165) is 32.1 Å². The molecule has 0 radical (unpaired) electrons. The summed E-state index contributed by atoms with van der Waals surface area (Å²) in [7, 11) is 0. The quantitative estimate of drug-likeness (QED) is 0.651. The summed E-state index contributed by atoms with van der Waals surface area (Å²) in [5.41, 5.74) is 1.71. The SMILES string of the molecule is CC(=O)C(C)(C)CCCc1ccccc1CCCC(C)(C)C(=O)O. The lowest BCUT2D eigenvalue weighted by Crippen LogP contribution is -2.23. The van der Waals surface area contributed by atoms with Gasteiger partial charge in [0.15, 0.2) is 0 Å². The standard InChI is InChI=1S/C21H32O3/c1-16(22)20(2,3)14-8-12-17-10-6-7-11-18(17)13-9-15-21(4,5)19(23)24/h6-7,10-11H,8-9,12-15H2,1-5H3,(H,23,24). The van der Waals surface area contributed by atoms with Gasteiger partial charge in [-0.15, -0.1) is 0 Å². The second-order valence-corrected chi connectivity index (χ2v) is 8.10. The zero-order valence-electron chi connectivity index (χ0n) is 15.8. The maximum absolute atomic E-state index is 11.6. The Labute approximate surface area is 146 Å². The van der Waals surface area contributed by atoms with Crippen molar-refractivity contribution in [3.05, 3.63) is 35.4 Å². The summed E-state index contributed by atoms with van der Waals surface area (Å²) in [6, 6.07) is 8.38. The molecule has 0 unspecified atom stereocenters. The van der Waals surface area contributed by atoms with Crippen molar-refractivity contribution in [3.63, 3.8) is 0 Å². The van der Waals surface area contributed by atoms with Crippen molar-refractivity contribution in [1.29, 1.82) is 0 Å². The van der Waals surface area contributed by atoms with Crippen LogP contribution >= 0.6 is 0 Å². The molecular weight excluding hydrogens is 300 g/mol. The van der Waals surface area contributed by atoms with E-state index in [1.165, 1.54) is 11.1 Å². The van der Waals surface area contributed by atoms with Crippen LogP contribution in [0.3, 0.4) is 0 Å². The van der Waals surface area contributed by atoms with E-state index in [1.807, 2.05) is 19.9 Å². The highest BCUT2D eigenvalue weighted by Gasteiger charge is 2.26. The third-order valence-corrected chi connectivity index (χ3v) is 5.15. The number of benzene rings is 1. The monoisotopic (exact) mass is 332 g/mol. The zero-order chi connectivity index (χ0) is 18.4. The molecular formula is C21H32O3. The van der Waals surface area contributed by atoms with Gasteiger partial charge in [0.2, 0.25) is 0 Å². The van der Waals surface area contributed by atoms with E-state index in [4.69, 9.17) is 0 Å². The number of hydrogen-bond acceptors (Lipinski definition) is 2. The molecule has 1 rings (SSSR count). The molecule has 0 bridgehead atoms. The number of aliphatic carboxylic acids is 1. The number of aryl methyl sites for hydroxylation is 2. The molecule has 0 aromatic heterocycles. The zero-order valence-corrected chi connectivity index (χ0v) is 15.8. The normalized spacial score (nSPS) is 12.2. The van der Waals surface area contributed by atoms with Gasteiger partial charge in [-0.05, 0) is 70.4 Å². The van der Waals surface area contributed by atoms with E-state index in [1.54, 1.807) is 20.8 Å².